The summed E-state index contributed by atoms with van der Waals surface area (Å²) in [7, 11) is 0. The molecule has 0 saturated carbocycles. The molecule has 0 spiro atoms. The Morgan fingerprint density at radius 2 is 1.79 bits per heavy atom. The lowest BCUT2D eigenvalue weighted by Gasteiger charge is -2.19. The molecule has 0 N–H and O–H groups in total. The standard InChI is InChI=1S/C18H16S/c1-12-7-8-14-10-17(18(19)11-15(14)9-12)16-6-4-3-5-13(16)2/h3-10H,11H2,1-2H3. The maximum absolute atomic E-state index is 5.62. The summed E-state index contributed by atoms with van der Waals surface area (Å²) in [5.41, 5.74) is 7.71. The number of hydrogen-bond acceptors (Lipinski definition) is 1. The van der Waals surface area contributed by atoms with Gasteiger partial charge in [0.2, 0.25) is 0 Å². The summed E-state index contributed by atoms with van der Waals surface area (Å²) < 4.78 is 0. The summed E-state index contributed by atoms with van der Waals surface area (Å²) in [4.78, 5) is 1.05. The van der Waals surface area contributed by atoms with Crippen molar-refractivity contribution in [1.82, 2.24) is 0 Å². The molecule has 1 aliphatic rings. The van der Waals surface area contributed by atoms with Gasteiger partial charge in [0.1, 0.15) is 0 Å². The number of rotatable bonds is 1. The zero-order valence-corrected chi connectivity index (χ0v) is 12.1. The van der Waals surface area contributed by atoms with Crippen molar-refractivity contribution in [2.75, 3.05) is 0 Å². The molecule has 1 heteroatoms. The molecule has 0 aromatic heterocycles. The van der Waals surface area contributed by atoms with Gasteiger partial charge < -0.3 is 0 Å². The lowest BCUT2D eigenvalue weighted by atomic mass is 9.86. The Hall–Kier alpha value is -1.73. The van der Waals surface area contributed by atoms with Gasteiger partial charge >= 0.3 is 0 Å². The van der Waals surface area contributed by atoms with Crippen LogP contribution >= 0.6 is 12.2 Å². The molecule has 0 radical (unpaired) electrons. The summed E-state index contributed by atoms with van der Waals surface area (Å²) >= 11 is 5.62. The van der Waals surface area contributed by atoms with E-state index in [0.29, 0.717) is 0 Å². The fraction of sp³-hybridized carbons (Fsp3) is 0.167. The predicted octanol–water partition coefficient (Wildman–Crippen LogP) is 4.77. The first-order chi connectivity index (χ1) is 9.15. The Morgan fingerprint density at radius 3 is 2.58 bits per heavy atom. The minimum Gasteiger partial charge on any atom is -0.0839 e. The second-order valence-corrected chi connectivity index (χ2v) is 5.67. The highest BCUT2D eigenvalue weighted by Crippen LogP contribution is 2.30. The molecule has 94 valence electrons. The van der Waals surface area contributed by atoms with E-state index in [0.717, 1.165) is 11.3 Å². The lowest BCUT2D eigenvalue weighted by molar-refractivity contribution is 1.29. The summed E-state index contributed by atoms with van der Waals surface area (Å²) in [6.07, 6.45) is 3.12. The average molecular weight is 264 g/mol. The maximum atomic E-state index is 5.62. The minimum absolute atomic E-state index is 0.881. The highest BCUT2D eigenvalue weighted by atomic mass is 32.1. The van der Waals surface area contributed by atoms with Crippen molar-refractivity contribution in [3.8, 4) is 0 Å². The highest BCUT2D eigenvalue weighted by Gasteiger charge is 2.17. The second kappa shape index (κ2) is 4.75. The normalized spacial score (nSPS) is 14.0. The molecule has 0 atom stereocenters. The molecule has 0 amide bonds. The third-order valence-electron chi connectivity index (χ3n) is 3.68. The van der Waals surface area contributed by atoms with Crippen LogP contribution in [0.5, 0.6) is 0 Å². The van der Waals surface area contributed by atoms with Crippen molar-refractivity contribution in [3.63, 3.8) is 0 Å². The van der Waals surface area contributed by atoms with Crippen LogP contribution in [0.25, 0.3) is 11.6 Å². The third-order valence-corrected chi connectivity index (χ3v) is 4.05. The average Bonchev–Trinajstić information content (AvgIpc) is 2.39. The van der Waals surface area contributed by atoms with Gasteiger partial charge in [0, 0.05) is 11.3 Å². The zero-order valence-electron chi connectivity index (χ0n) is 11.2. The van der Waals surface area contributed by atoms with Gasteiger partial charge in [-0.2, -0.15) is 0 Å². The van der Waals surface area contributed by atoms with Crippen LogP contribution in [0.2, 0.25) is 0 Å². The van der Waals surface area contributed by atoms with Gasteiger partial charge in [0.05, 0.1) is 0 Å². The van der Waals surface area contributed by atoms with E-state index >= 15 is 0 Å². The Kier molecular flexibility index (Phi) is 3.08. The van der Waals surface area contributed by atoms with E-state index in [9.17, 15) is 0 Å². The molecule has 0 bridgehead atoms. The number of benzene rings is 2. The van der Waals surface area contributed by atoms with E-state index in [1.54, 1.807) is 0 Å². The van der Waals surface area contributed by atoms with Crippen molar-refractivity contribution >= 4 is 28.7 Å². The number of fused-ring (bicyclic) bond motifs is 1. The van der Waals surface area contributed by atoms with E-state index in [4.69, 9.17) is 12.2 Å². The SMILES string of the molecule is Cc1ccc2c(c1)CC(=S)C(c1ccccc1C)=C2. The first-order valence-electron chi connectivity index (χ1n) is 6.55. The Balaban J connectivity index is 2.15. The van der Waals surface area contributed by atoms with Crippen LogP contribution in [0.15, 0.2) is 42.5 Å². The van der Waals surface area contributed by atoms with Gasteiger partial charge in [-0.1, -0.05) is 60.2 Å². The number of aryl methyl sites for hydroxylation is 2. The van der Waals surface area contributed by atoms with Crippen molar-refractivity contribution in [3.05, 3.63) is 70.3 Å². The lowest BCUT2D eigenvalue weighted by Crippen LogP contribution is -2.10. The molecule has 3 rings (SSSR count). The molecule has 1 aliphatic carbocycles. The van der Waals surface area contributed by atoms with E-state index < -0.39 is 0 Å². The predicted molar refractivity (Wildman–Crippen MR) is 86.5 cm³/mol. The molecule has 2 aromatic carbocycles. The summed E-state index contributed by atoms with van der Waals surface area (Å²) in [5.74, 6) is 0. The highest BCUT2D eigenvalue weighted by molar-refractivity contribution is 7.81. The van der Waals surface area contributed by atoms with Crippen molar-refractivity contribution < 1.29 is 0 Å². The van der Waals surface area contributed by atoms with Crippen molar-refractivity contribution in [1.29, 1.82) is 0 Å². The van der Waals surface area contributed by atoms with Crippen molar-refractivity contribution in [2.45, 2.75) is 20.3 Å². The molecule has 19 heavy (non-hydrogen) atoms. The van der Waals surface area contributed by atoms with Crippen LogP contribution < -0.4 is 0 Å². The maximum Gasteiger partial charge on any atom is 0.0274 e. The second-order valence-electron chi connectivity index (χ2n) is 5.18. The third kappa shape index (κ3) is 2.26. The monoisotopic (exact) mass is 264 g/mol. The van der Waals surface area contributed by atoms with Gasteiger partial charge in [-0.05, 0) is 47.8 Å². The van der Waals surface area contributed by atoms with Gasteiger partial charge in [-0.3, -0.25) is 0 Å². The number of hydrogen-bond donors (Lipinski definition) is 0. The fourth-order valence-corrected chi connectivity index (χ4v) is 2.96. The van der Waals surface area contributed by atoms with Crippen LogP contribution in [0.3, 0.4) is 0 Å². The van der Waals surface area contributed by atoms with Gasteiger partial charge in [-0.15, -0.1) is 0 Å². The van der Waals surface area contributed by atoms with E-state index in [-0.39, 0.29) is 0 Å². The molecule has 0 unspecified atom stereocenters. The molecule has 2 aromatic rings. The molecule has 0 saturated heterocycles. The Morgan fingerprint density at radius 1 is 1.00 bits per heavy atom. The summed E-state index contributed by atoms with van der Waals surface area (Å²) in [6, 6.07) is 15.1. The van der Waals surface area contributed by atoms with Crippen LogP contribution in [-0.4, -0.2) is 4.86 Å². The molecule has 0 fully saturated rings. The van der Waals surface area contributed by atoms with Crippen molar-refractivity contribution in [2.24, 2.45) is 0 Å². The smallest absolute Gasteiger partial charge is 0.0274 e. The van der Waals surface area contributed by atoms with E-state index in [2.05, 4.69) is 62.4 Å². The fourth-order valence-electron chi connectivity index (χ4n) is 2.64. The van der Waals surface area contributed by atoms with Crippen LogP contribution in [0.4, 0.5) is 0 Å². The van der Waals surface area contributed by atoms with E-state index in [1.165, 1.54) is 33.4 Å². The Labute approximate surface area is 119 Å². The number of thiocarbonyl (C=S) groups is 1. The quantitative estimate of drug-likeness (QED) is 0.669. The summed E-state index contributed by atoms with van der Waals surface area (Å²) in [5, 5.41) is 0. The van der Waals surface area contributed by atoms with E-state index in [1.807, 2.05) is 0 Å². The molecule has 0 nitrogen and oxygen atoms in total. The first kappa shape index (κ1) is 12.3. The molecular weight excluding hydrogens is 248 g/mol. The van der Waals surface area contributed by atoms with Crippen LogP contribution in [0.1, 0.15) is 27.8 Å². The molecular formula is C18H16S. The number of allylic oxidation sites excluding steroid dienone is 1. The van der Waals surface area contributed by atoms with Gasteiger partial charge in [-0.25, -0.2) is 0 Å². The molecule has 0 heterocycles. The zero-order chi connectivity index (χ0) is 13.4. The van der Waals surface area contributed by atoms with Crippen LogP contribution in [0, 0.1) is 13.8 Å². The minimum atomic E-state index is 0.881. The Bertz CT molecular complexity index is 693. The first-order valence-corrected chi connectivity index (χ1v) is 6.96. The largest absolute Gasteiger partial charge is 0.0839 e. The molecule has 0 aliphatic heterocycles. The van der Waals surface area contributed by atoms with Gasteiger partial charge in [0.15, 0.2) is 0 Å². The van der Waals surface area contributed by atoms with Crippen LogP contribution in [-0.2, 0) is 6.42 Å². The van der Waals surface area contributed by atoms with Gasteiger partial charge in [0.25, 0.3) is 0 Å². The summed E-state index contributed by atoms with van der Waals surface area (Å²) in [6.45, 7) is 4.27. The topological polar surface area (TPSA) is 0 Å².